The summed E-state index contributed by atoms with van der Waals surface area (Å²) >= 11 is 0. The molecule has 0 bridgehead atoms. The standard InChI is InChI=1S/C19H27B2N3O4/c1-16(2)17(3,4)26-20(25-16)12-9-11(10-22)13(15(24)14(12)23)21-27-18(5,6)19(7,8)28-21/h9,23-24H,1-8H3. The van der Waals surface area contributed by atoms with Gasteiger partial charge in [0.2, 0.25) is 0 Å². The Balaban J connectivity index is 2.02. The summed E-state index contributed by atoms with van der Waals surface area (Å²) in [7, 11) is -1.70. The molecule has 0 aromatic carbocycles. The summed E-state index contributed by atoms with van der Waals surface area (Å²) < 4.78 is 24.1. The van der Waals surface area contributed by atoms with Gasteiger partial charge < -0.3 is 18.6 Å². The quantitative estimate of drug-likeness (QED) is 0.563. The van der Waals surface area contributed by atoms with Crippen LogP contribution in [0.25, 0.3) is 0 Å². The molecule has 1 aliphatic carbocycles. The molecule has 148 valence electrons. The van der Waals surface area contributed by atoms with Gasteiger partial charge in [0.05, 0.1) is 45.5 Å². The molecule has 0 saturated carbocycles. The number of nitriles is 1. The van der Waals surface area contributed by atoms with E-state index in [2.05, 4.69) is 6.07 Å². The zero-order valence-corrected chi connectivity index (χ0v) is 17.8. The van der Waals surface area contributed by atoms with Gasteiger partial charge in [-0.15, -0.1) is 0 Å². The van der Waals surface area contributed by atoms with E-state index in [4.69, 9.17) is 29.4 Å². The monoisotopic (exact) mass is 383 g/mol. The molecule has 3 aliphatic rings. The van der Waals surface area contributed by atoms with Crippen molar-refractivity contribution in [3.8, 4) is 6.07 Å². The van der Waals surface area contributed by atoms with Gasteiger partial charge in [-0.05, 0) is 61.5 Å². The Morgan fingerprint density at radius 3 is 1.54 bits per heavy atom. The number of nitrogens with zero attached hydrogens (tertiary/aromatic N) is 1. The molecular formula is C19H27B2N3O4. The van der Waals surface area contributed by atoms with Crippen molar-refractivity contribution in [2.24, 2.45) is 0 Å². The molecule has 7 nitrogen and oxygen atoms in total. The minimum Gasteiger partial charge on any atom is -0.399 e. The molecule has 2 fully saturated rings. The number of nitrogens with one attached hydrogen (secondary N) is 2. The maximum Gasteiger partial charge on any atom is 0.498 e. The highest BCUT2D eigenvalue weighted by Gasteiger charge is 2.57. The van der Waals surface area contributed by atoms with Crippen molar-refractivity contribution in [1.82, 2.24) is 0 Å². The van der Waals surface area contributed by atoms with Crippen LogP contribution in [-0.4, -0.2) is 48.1 Å². The SMILES string of the molecule is CC1(C)OB(C2=CC(C#N)=C(B3OC(C)(C)C(C)(C)O3)C(=N)C2=N)OC1(C)C. The van der Waals surface area contributed by atoms with Crippen LogP contribution >= 0.6 is 0 Å². The lowest BCUT2D eigenvalue weighted by atomic mass is 9.62. The summed E-state index contributed by atoms with van der Waals surface area (Å²) in [6.07, 6.45) is 1.56. The third-order valence-corrected chi connectivity index (χ3v) is 6.51. The molecule has 0 aromatic rings. The lowest BCUT2D eigenvalue weighted by Crippen LogP contribution is -2.41. The van der Waals surface area contributed by atoms with Crippen LogP contribution in [0.2, 0.25) is 0 Å². The third-order valence-electron chi connectivity index (χ3n) is 6.51. The molecule has 0 amide bonds. The zero-order valence-electron chi connectivity index (χ0n) is 17.8. The smallest absolute Gasteiger partial charge is 0.399 e. The summed E-state index contributed by atoms with van der Waals surface area (Å²) in [4.78, 5) is 0. The largest absolute Gasteiger partial charge is 0.498 e. The molecule has 0 unspecified atom stereocenters. The van der Waals surface area contributed by atoms with Crippen molar-refractivity contribution >= 4 is 25.7 Å². The van der Waals surface area contributed by atoms with Crippen molar-refractivity contribution in [3.05, 3.63) is 22.6 Å². The third kappa shape index (κ3) is 3.00. The molecule has 0 aromatic heterocycles. The molecular weight excluding hydrogens is 356 g/mol. The predicted octanol–water partition coefficient (Wildman–Crippen LogP) is 3.05. The molecule has 0 radical (unpaired) electrons. The first-order valence-corrected chi connectivity index (χ1v) is 9.39. The Labute approximate surface area is 167 Å². The summed E-state index contributed by atoms with van der Waals surface area (Å²) in [5, 5.41) is 26.8. The predicted molar refractivity (Wildman–Crippen MR) is 108 cm³/mol. The molecule has 2 heterocycles. The highest BCUT2D eigenvalue weighted by Crippen LogP contribution is 2.42. The second-order valence-electron chi connectivity index (χ2n) is 9.47. The van der Waals surface area contributed by atoms with Gasteiger partial charge >= 0.3 is 14.2 Å². The first-order valence-electron chi connectivity index (χ1n) is 9.39. The first kappa shape index (κ1) is 21.0. The van der Waals surface area contributed by atoms with E-state index in [-0.39, 0.29) is 22.5 Å². The van der Waals surface area contributed by atoms with E-state index >= 15 is 0 Å². The van der Waals surface area contributed by atoms with Crippen molar-refractivity contribution in [3.63, 3.8) is 0 Å². The van der Waals surface area contributed by atoms with Crippen LogP contribution < -0.4 is 0 Å². The van der Waals surface area contributed by atoms with Crippen LogP contribution in [0, 0.1) is 22.1 Å². The van der Waals surface area contributed by atoms with Crippen LogP contribution in [-0.2, 0) is 18.6 Å². The molecule has 2 aliphatic heterocycles. The van der Waals surface area contributed by atoms with Crippen molar-refractivity contribution in [1.29, 1.82) is 16.1 Å². The Morgan fingerprint density at radius 2 is 1.14 bits per heavy atom. The summed E-state index contributed by atoms with van der Waals surface area (Å²) in [5.74, 6) is 0. The normalized spacial score (nSPS) is 27.9. The lowest BCUT2D eigenvalue weighted by molar-refractivity contribution is 0.00578. The number of hydrogen-bond acceptors (Lipinski definition) is 7. The lowest BCUT2D eigenvalue weighted by Gasteiger charge is -2.32. The van der Waals surface area contributed by atoms with Gasteiger partial charge in [-0.2, -0.15) is 5.26 Å². The van der Waals surface area contributed by atoms with E-state index in [1.807, 2.05) is 55.4 Å². The molecule has 3 rings (SSSR count). The van der Waals surface area contributed by atoms with Gasteiger partial charge in [0.15, 0.2) is 0 Å². The van der Waals surface area contributed by atoms with Gasteiger partial charge in [0.25, 0.3) is 0 Å². The second kappa shape index (κ2) is 6.14. The Hall–Kier alpha value is -1.72. The maximum absolute atomic E-state index is 9.74. The molecule has 0 spiro atoms. The Morgan fingerprint density at radius 1 is 0.750 bits per heavy atom. The van der Waals surface area contributed by atoms with Gasteiger partial charge in [-0.25, -0.2) is 0 Å². The number of rotatable bonds is 2. The minimum atomic E-state index is -0.886. The van der Waals surface area contributed by atoms with E-state index in [0.717, 1.165) is 0 Å². The fourth-order valence-corrected chi connectivity index (χ4v) is 3.17. The van der Waals surface area contributed by atoms with Crippen molar-refractivity contribution < 1.29 is 18.6 Å². The van der Waals surface area contributed by atoms with Gasteiger partial charge in [-0.1, -0.05) is 0 Å². The fourth-order valence-electron chi connectivity index (χ4n) is 3.17. The van der Waals surface area contributed by atoms with Gasteiger partial charge in [-0.3, -0.25) is 10.8 Å². The van der Waals surface area contributed by atoms with Crippen LogP contribution in [0.4, 0.5) is 0 Å². The van der Waals surface area contributed by atoms with E-state index in [9.17, 15) is 5.26 Å². The Bertz CT molecular complexity index is 833. The van der Waals surface area contributed by atoms with E-state index in [1.165, 1.54) is 0 Å². The van der Waals surface area contributed by atoms with Gasteiger partial charge in [0, 0.05) is 10.9 Å². The van der Waals surface area contributed by atoms with Crippen molar-refractivity contribution in [2.45, 2.75) is 77.8 Å². The van der Waals surface area contributed by atoms with E-state index < -0.39 is 36.6 Å². The highest BCUT2D eigenvalue weighted by atomic mass is 16.7. The van der Waals surface area contributed by atoms with Crippen LogP contribution in [0.3, 0.4) is 0 Å². The maximum atomic E-state index is 9.74. The fraction of sp³-hybridized carbons (Fsp3) is 0.632. The zero-order chi connectivity index (χ0) is 21.3. The first-order chi connectivity index (χ1) is 12.6. The number of hydrogen-bond donors (Lipinski definition) is 2. The molecule has 9 heteroatoms. The minimum absolute atomic E-state index is 0.0535. The average Bonchev–Trinajstić information content (AvgIpc) is 2.88. The van der Waals surface area contributed by atoms with Crippen molar-refractivity contribution in [2.75, 3.05) is 0 Å². The van der Waals surface area contributed by atoms with E-state index in [0.29, 0.717) is 5.47 Å². The summed E-state index contributed by atoms with van der Waals surface area (Å²) in [5.41, 5.74) is -1.68. The van der Waals surface area contributed by atoms with Crippen LogP contribution in [0.5, 0.6) is 0 Å². The highest BCUT2D eigenvalue weighted by molar-refractivity contribution is 6.79. The topological polar surface area (TPSA) is 108 Å². The van der Waals surface area contributed by atoms with E-state index in [1.54, 1.807) is 6.08 Å². The molecule has 2 saturated heterocycles. The van der Waals surface area contributed by atoms with Crippen LogP contribution in [0.1, 0.15) is 55.4 Å². The Kier molecular flexibility index (Phi) is 4.60. The summed E-state index contributed by atoms with van der Waals surface area (Å²) in [6, 6.07) is 2.13. The van der Waals surface area contributed by atoms with Gasteiger partial charge in [0.1, 0.15) is 0 Å². The number of allylic oxidation sites excluding steroid dienone is 4. The second-order valence-corrected chi connectivity index (χ2v) is 9.47. The molecule has 2 N–H and O–H groups in total. The molecule has 28 heavy (non-hydrogen) atoms. The average molecular weight is 383 g/mol. The summed E-state index contributed by atoms with van der Waals surface area (Å²) in [6.45, 7) is 15.3. The molecule has 0 atom stereocenters. The van der Waals surface area contributed by atoms with Crippen LogP contribution in [0.15, 0.2) is 22.6 Å².